The Balaban J connectivity index is 1.41. The van der Waals surface area contributed by atoms with Crippen molar-refractivity contribution in [2.45, 2.75) is 38.3 Å². The number of aromatic nitrogens is 1. The van der Waals surface area contributed by atoms with E-state index in [1.165, 1.54) is 10.3 Å². The molecule has 1 unspecified atom stereocenters. The maximum Gasteiger partial charge on any atom is 0.0809 e. The molecule has 120 valence electrons. The van der Waals surface area contributed by atoms with Gasteiger partial charge in [-0.2, -0.15) is 0 Å². The molecule has 1 aliphatic rings. The molecule has 1 aliphatic heterocycles. The number of rotatable bonds is 6. The molecule has 4 nitrogen and oxygen atoms in total. The van der Waals surface area contributed by atoms with Crippen LogP contribution in [0.5, 0.6) is 0 Å². The molecule has 2 aromatic heterocycles. The predicted octanol–water partition coefficient (Wildman–Crippen LogP) is 2.79. The Morgan fingerprint density at radius 1 is 1.45 bits per heavy atom. The Kier molecular flexibility index (Phi) is 5.41. The van der Waals surface area contributed by atoms with E-state index >= 15 is 0 Å². The first-order valence-corrected chi connectivity index (χ1v) is 9.07. The van der Waals surface area contributed by atoms with Gasteiger partial charge < -0.3 is 15.3 Å². The van der Waals surface area contributed by atoms with Crippen LogP contribution in [0.3, 0.4) is 0 Å². The zero-order valence-corrected chi connectivity index (χ0v) is 14.0. The first-order valence-electron chi connectivity index (χ1n) is 8.19. The summed E-state index contributed by atoms with van der Waals surface area (Å²) < 4.78 is 1.26. The Morgan fingerprint density at radius 2 is 2.27 bits per heavy atom. The fraction of sp³-hybridized carbons (Fsp3) is 0.588. The number of nitrogens with one attached hydrogen (secondary N) is 1. The zero-order valence-electron chi connectivity index (χ0n) is 13.2. The lowest BCUT2D eigenvalue weighted by atomic mass is 10.1. The quantitative estimate of drug-likeness (QED) is 0.804. The minimum atomic E-state index is -0.0749. The van der Waals surface area contributed by atoms with E-state index in [4.69, 9.17) is 0 Å². The maximum atomic E-state index is 9.51. The molecule has 5 heteroatoms. The molecule has 0 aliphatic carbocycles. The van der Waals surface area contributed by atoms with Gasteiger partial charge in [0.25, 0.3) is 0 Å². The Labute approximate surface area is 136 Å². The number of aliphatic hydroxyl groups excluding tert-OH is 1. The van der Waals surface area contributed by atoms with Crippen LogP contribution < -0.4 is 5.32 Å². The van der Waals surface area contributed by atoms with Gasteiger partial charge in [0.2, 0.25) is 0 Å². The fourth-order valence-electron chi connectivity index (χ4n) is 2.98. The minimum absolute atomic E-state index is 0.0749. The number of hydrogen-bond donors (Lipinski definition) is 2. The van der Waals surface area contributed by atoms with Crippen LogP contribution in [0.25, 0.3) is 10.2 Å². The third kappa shape index (κ3) is 4.04. The van der Waals surface area contributed by atoms with Gasteiger partial charge in [-0.1, -0.05) is 0 Å². The number of thiophene rings is 1. The molecule has 1 atom stereocenters. The lowest BCUT2D eigenvalue weighted by Crippen LogP contribution is -2.37. The van der Waals surface area contributed by atoms with Crippen LogP contribution in [0.15, 0.2) is 23.7 Å². The van der Waals surface area contributed by atoms with Crippen molar-refractivity contribution in [3.8, 4) is 0 Å². The average Bonchev–Trinajstić information content (AvgIpc) is 3.00. The lowest BCUT2D eigenvalue weighted by Gasteiger charge is -2.29. The third-order valence-electron chi connectivity index (χ3n) is 4.48. The van der Waals surface area contributed by atoms with Crippen molar-refractivity contribution in [2.75, 3.05) is 26.2 Å². The maximum absolute atomic E-state index is 9.51. The number of piperidine rings is 1. The van der Waals surface area contributed by atoms with Crippen molar-refractivity contribution in [2.24, 2.45) is 0 Å². The number of nitrogens with zero attached hydrogens (tertiary/aromatic N) is 2. The van der Waals surface area contributed by atoms with Gasteiger partial charge in [0.15, 0.2) is 0 Å². The molecule has 0 aromatic carbocycles. The molecule has 22 heavy (non-hydrogen) atoms. The van der Waals surface area contributed by atoms with Crippen molar-refractivity contribution in [3.05, 3.63) is 29.3 Å². The highest BCUT2D eigenvalue weighted by atomic mass is 32.1. The smallest absolute Gasteiger partial charge is 0.0809 e. The zero-order chi connectivity index (χ0) is 15.4. The van der Waals surface area contributed by atoms with Crippen LogP contribution in [0.2, 0.25) is 0 Å². The molecule has 0 amide bonds. The Morgan fingerprint density at radius 3 is 3.09 bits per heavy atom. The van der Waals surface area contributed by atoms with Crippen LogP contribution in [-0.2, 0) is 0 Å². The fourth-order valence-corrected chi connectivity index (χ4v) is 3.77. The van der Waals surface area contributed by atoms with Gasteiger partial charge in [-0.25, -0.2) is 0 Å². The standard InChI is InChI=1S/C17H25N3OS/c1-13(14-11-17-16(19-12-14)5-10-22-17)18-6-2-7-20-8-3-15(21)4-9-20/h5,10-13,15,18,21H,2-4,6-9H2,1H3. The molecule has 3 heterocycles. The summed E-state index contributed by atoms with van der Waals surface area (Å²) in [6, 6.07) is 4.65. The summed E-state index contributed by atoms with van der Waals surface area (Å²) >= 11 is 1.75. The van der Waals surface area contributed by atoms with E-state index in [-0.39, 0.29) is 6.10 Å². The second-order valence-corrected chi connectivity index (χ2v) is 7.12. The highest BCUT2D eigenvalue weighted by Gasteiger charge is 2.16. The lowest BCUT2D eigenvalue weighted by molar-refractivity contribution is 0.0820. The molecule has 0 bridgehead atoms. The molecule has 2 N–H and O–H groups in total. The van der Waals surface area contributed by atoms with Gasteiger partial charge >= 0.3 is 0 Å². The molecular weight excluding hydrogens is 294 g/mol. The number of hydrogen-bond acceptors (Lipinski definition) is 5. The van der Waals surface area contributed by atoms with Gasteiger partial charge in [-0.3, -0.25) is 4.98 Å². The molecular formula is C17H25N3OS. The van der Waals surface area contributed by atoms with E-state index in [0.29, 0.717) is 6.04 Å². The highest BCUT2D eigenvalue weighted by Crippen LogP contribution is 2.22. The van der Waals surface area contributed by atoms with E-state index in [9.17, 15) is 5.11 Å². The molecule has 0 saturated carbocycles. The average molecular weight is 319 g/mol. The van der Waals surface area contributed by atoms with E-state index in [2.05, 4.69) is 39.6 Å². The first kappa shape index (κ1) is 15.9. The van der Waals surface area contributed by atoms with E-state index in [1.54, 1.807) is 11.3 Å². The van der Waals surface area contributed by atoms with Crippen LogP contribution in [-0.4, -0.2) is 47.3 Å². The normalized spacial score (nSPS) is 18.8. The molecule has 3 rings (SSSR count). The second kappa shape index (κ2) is 7.51. The molecule has 2 aromatic rings. The van der Waals surface area contributed by atoms with E-state index in [0.717, 1.165) is 51.0 Å². The third-order valence-corrected chi connectivity index (χ3v) is 5.34. The van der Waals surface area contributed by atoms with Crippen molar-refractivity contribution >= 4 is 21.6 Å². The summed E-state index contributed by atoms with van der Waals surface area (Å²) in [5, 5.41) is 15.2. The number of aliphatic hydroxyl groups is 1. The summed E-state index contributed by atoms with van der Waals surface area (Å²) in [6.07, 6.45) is 4.91. The summed E-state index contributed by atoms with van der Waals surface area (Å²) in [5.74, 6) is 0. The summed E-state index contributed by atoms with van der Waals surface area (Å²) in [7, 11) is 0. The predicted molar refractivity (Wildman–Crippen MR) is 92.3 cm³/mol. The Hall–Kier alpha value is -1.01. The molecule has 0 radical (unpaired) electrons. The van der Waals surface area contributed by atoms with Gasteiger partial charge in [0, 0.05) is 25.3 Å². The van der Waals surface area contributed by atoms with Crippen molar-refractivity contribution in [1.82, 2.24) is 15.2 Å². The summed E-state index contributed by atoms with van der Waals surface area (Å²) in [5.41, 5.74) is 2.35. The summed E-state index contributed by atoms with van der Waals surface area (Å²) in [6.45, 7) is 6.41. The highest BCUT2D eigenvalue weighted by molar-refractivity contribution is 7.17. The van der Waals surface area contributed by atoms with Crippen LogP contribution in [0.4, 0.5) is 0 Å². The van der Waals surface area contributed by atoms with Gasteiger partial charge in [0.05, 0.1) is 16.3 Å². The Bertz CT molecular complexity index is 592. The molecule has 1 saturated heterocycles. The summed E-state index contributed by atoms with van der Waals surface area (Å²) in [4.78, 5) is 6.97. The monoisotopic (exact) mass is 319 g/mol. The molecule has 1 fully saturated rings. The van der Waals surface area contributed by atoms with Crippen molar-refractivity contribution < 1.29 is 5.11 Å². The first-order chi connectivity index (χ1) is 10.7. The number of likely N-dealkylation sites (tertiary alicyclic amines) is 1. The molecule has 0 spiro atoms. The van der Waals surface area contributed by atoms with Crippen molar-refractivity contribution in [1.29, 1.82) is 0 Å². The minimum Gasteiger partial charge on any atom is -0.393 e. The van der Waals surface area contributed by atoms with Crippen LogP contribution >= 0.6 is 11.3 Å². The number of pyridine rings is 1. The van der Waals surface area contributed by atoms with Crippen molar-refractivity contribution in [3.63, 3.8) is 0 Å². The van der Waals surface area contributed by atoms with Crippen LogP contribution in [0.1, 0.15) is 37.8 Å². The second-order valence-electron chi connectivity index (χ2n) is 6.17. The van der Waals surface area contributed by atoms with Gasteiger partial charge in [-0.15, -0.1) is 11.3 Å². The van der Waals surface area contributed by atoms with E-state index in [1.807, 2.05) is 6.20 Å². The largest absolute Gasteiger partial charge is 0.393 e. The topological polar surface area (TPSA) is 48.4 Å². The van der Waals surface area contributed by atoms with Gasteiger partial charge in [0.1, 0.15) is 0 Å². The van der Waals surface area contributed by atoms with E-state index < -0.39 is 0 Å². The SMILES string of the molecule is CC(NCCCN1CCC(O)CC1)c1cnc2ccsc2c1. The van der Waals surface area contributed by atoms with Crippen LogP contribution in [0, 0.1) is 0 Å². The number of fused-ring (bicyclic) bond motifs is 1. The van der Waals surface area contributed by atoms with Gasteiger partial charge in [-0.05, 0) is 62.4 Å².